The van der Waals surface area contributed by atoms with Crippen molar-refractivity contribution in [3.63, 3.8) is 0 Å². The number of ether oxygens (including phenoxy) is 1. The molecule has 5 aromatic rings. The molecule has 0 bridgehead atoms. The number of halogens is 1. The minimum absolute atomic E-state index is 0.0103. The molecule has 0 unspecified atom stereocenters. The van der Waals surface area contributed by atoms with E-state index >= 15 is 0 Å². The van der Waals surface area contributed by atoms with Gasteiger partial charge in [-0.1, -0.05) is 72.3 Å². The van der Waals surface area contributed by atoms with Gasteiger partial charge in [-0.25, -0.2) is 9.59 Å². The molecule has 1 N–H and O–H groups in total. The van der Waals surface area contributed by atoms with Gasteiger partial charge in [0.25, 0.3) is 0 Å². The van der Waals surface area contributed by atoms with Gasteiger partial charge in [-0.3, -0.25) is 4.99 Å². The number of carboxylic acids is 1. The summed E-state index contributed by atoms with van der Waals surface area (Å²) >= 11 is 6.06. The number of aromatic nitrogens is 1. The smallest absolute Gasteiger partial charge is 0.338 e. The lowest BCUT2D eigenvalue weighted by atomic mass is 10.1. The summed E-state index contributed by atoms with van der Waals surface area (Å²) in [4.78, 5) is 28.5. The number of nitrogens with zero attached hydrogens (tertiary/aromatic N) is 2. The van der Waals surface area contributed by atoms with E-state index in [2.05, 4.69) is 15.6 Å². The van der Waals surface area contributed by atoms with Gasteiger partial charge >= 0.3 is 11.9 Å². The number of aromatic carboxylic acids is 1. The SMILES string of the molecule is CCOC(=O)c1ccc(-n2c(-c3ccccc3)cc(C=Nc3ccc(Cl)c(C(=O)O)c3)c2-c2ccccc2)cc1. The predicted octanol–water partition coefficient (Wildman–Crippen LogP) is 8.09. The lowest BCUT2D eigenvalue weighted by Crippen LogP contribution is -2.05. The normalized spacial score (nSPS) is 11.1. The standard InChI is InChI=1S/C33H25ClN2O4/c1-2-40-33(39)24-13-16-27(17-14-24)36-30(22-9-5-3-6-10-22)19-25(31(36)23-11-7-4-8-12-23)21-35-26-15-18-29(34)28(20-26)32(37)38/h3-21H,2H2,1H3,(H,37,38). The third-order valence-electron chi connectivity index (χ3n) is 6.32. The zero-order chi connectivity index (χ0) is 28.1. The van der Waals surface area contributed by atoms with E-state index in [9.17, 15) is 14.7 Å². The molecule has 6 nitrogen and oxygen atoms in total. The molecule has 1 aromatic heterocycles. The van der Waals surface area contributed by atoms with E-state index in [4.69, 9.17) is 16.3 Å². The second kappa shape index (κ2) is 11.8. The van der Waals surface area contributed by atoms with Crippen LogP contribution >= 0.6 is 11.6 Å². The van der Waals surface area contributed by atoms with Crippen LogP contribution in [0.4, 0.5) is 5.69 Å². The Kier molecular flexibility index (Phi) is 7.89. The van der Waals surface area contributed by atoms with Gasteiger partial charge in [0.15, 0.2) is 0 Å². The van der Waals surface area contributed by atoms with E-state index in [1.165, 1.54) is 12.1 Å². The number of benzene rings is 4. The molecule has 0 fully saturated rings. The van der Waals surface area contributed by atoms with Gasteiger partial charge < -0.3 is 14.4 Å². The fraction of sp³-hybridized carbons (Fsp3) is 0.0606. The first-order valence-corrected chi connectivity index (χ1v) is 13.0. The number of carbonyl (C=O) groups excluding carboxylic acids is 1. The summed E-state index contributed by atoms with van der Waals surface area (Å²) in [6, 6.07) is 33.9. The Morgan fingerprint density at radius 1 is 0.875 bits per heavy atom. The van der Waals surface area contributed by atoms with Crippen molar-refractivity contribution >= 4 is 35.4 Å². The number of carbonyl (C=O) groups is 2. The first-order chi connectivity index (χ1) is 19.5. The average Bonchev–Trinajstić information content (AvgIpc) is 3.37. The van der Waals surface area contributed by atoms with Crippen LogP contribution in [-0.4, -0.2) is 34.4 Å². The quantitative estimate of drug-likeness (QED) is 0.157. The first kappa shape index (κ1) is 26.7. The van der Waals surface area contributed by atoms with Crippen LogP contribution in [0.25, 0.3) is 28.2 Å². The number of esters is 1. The Morgan fingerprint density at radius 3 is 2.15 bits per heavy atom. The van der Waals surface area contributed by atoms with Crippen LogP contribution in [0.15, 0.2) is 114 Å². The van der Waals surface area contributed by atoms with E-state index in [1.807, 2.05) is 72.8 Å². The highest BCUT2D eigenvalue weighted by molar-refractivity contribution is 6.33. The predicted molar refractivity (Wildman–Crippen MR) is 158 cm³/mol. The zero-order valence-electron chi connectivity index (χ0n) is 21.6. The maximum Gasteiger partial charge on any atom is 0.338 e. The summed E-state index contributed by atoms with van der Waals surface area (Å²) in [5.41, 5.74) is 6.37. The van der Waals surface area contributed by atoms with E-state index < -0.39 is 5.97 Å². The molecule has 1 heterocycles. The summed E-state index contributed by atoms with van der Waals surface area (Å²) in [7, 11) is 0. The molecular formula is C33H25ClN2O4. The molecule has 0 radical (unpaired) electrons. The van der Waals surface area contributed by atoms with Gasteiger partial charge in [0, 0.05) is 17.5 Å². The summed E-state index contributed by atoms with van der Waals surface area (Å²) in [6.45, 7) is 2.08. The molecule has 0 saturated carbocycles. The number of hydrogen-bond acceptors (Lipinski definition) is 4. The van der Waals surface area contributed by atoms with Crippen molar-refractivity contribution < 1.29 is 19.4 Å². The van der Waals surface area contributed by atoms with Gasteiger partial charge in [0.1, 0.15) is 0 Å². The van der Waals surface area contributed by atoms with Crippen LogP contribution in [0.5, 0.6) is 0 Å². The fourth-order valence-electron chi connectivity index (χ4n) is 4.47. The minimum Gasteiger partial charge on any atom is -0.478 e. The molecule has 4 aromatic carbocycles. The van der Waals surface area contributed by atoms with Crippen LogP contribution in [0.2, 0.25) is 5.02 Å². The summed E-state index contributed by atoms with van der Waals surface area (Å²) in [6.07, 6.45) is 1.73. The van der Waals surface area contributed by atoms with Crippen molar-refractivity contribution in [2.45, 2.75) is 6.92 Å². The Hall–Kier alpha value is -4.94. The first-order valence-electron chi connectivity index (χ1n) is 12.7. The lowest BCUT2D eigenvalue weighted by Gasteiger charge is -2.15. The van der Waals surface area contributed by atoms with Gasteiger partial charge in [0.05, 0.1) is 39.8 Å². The molecule has 0 atom stereocenters. The second-order valence-corrected chi connectivity index (χ2v) is 9.30. The maximum atomic E-state index is 12.3. The van der Waals surface area contributed by atoms with Gasteiger partial charge in [-0.15, -0.1) is 0 Å². The van der Waals surface area contributed by atoms with Gasteiger partial charge in [-0.05, 0) is 66.6 Å². The highest BCUT2D eigenvalue weighted by Crippen LogP contribution is 2.36. The van der Waals surface area contributed by atoms with E-state index in [1.54, 1.807) is 31.3 Å². The molecule has 7 heteroatoms. The number of aliphatic imine (C=N–C) groups is 1. The maximum absolute atomic E-state index is 12.3. The molecular weight excluding hydrogens is 524 g/mol. The topological polar surface area (TPSA) is 80.9 Å². The van der Waals surface area contributed by atoms with E-state index in [-0.39, 0.29) is 16.6 Å². The molecule has 5 rings (SSSR count). The van der Waals surface area contributed by atoms with Crippen molar-refractivity contribution in [2.24, 2.45) is 4.99 Å². The summed E-state index contributed by atoms with van der Waals surface area (Å²) in [5, 5.41) is 9.63. The summed E-state index contributed by atoms with van der Waals surface area (Å²) < 4.78 is 7.29. The lowest BCUT2D eigenvalue weighted by molar-refractivity contribution is 0.0526. The minimum atomic E-state index is -1.11. The Balaban J connectivity index is 1.71. The Morgan fingerprint density at radius 2 is 1.52 bits per heavy atom. The highest BCUT2D eigenvalue weighted by atomic mass is 35.5. The highest BCUT2D eigenvalue weighted by Gasteiger charge is 2.19. The monoisotopic (exact) mass is 548 g/mol. The van der Waals surface area contributed by atoms with Crippen LogP contribution < -0.4 is 0 Å². The largest absolute Gasteiger partial charge is 0.478 e. The van der Waals surface area contributed by atoms with E-state index in [0.717, 1.165) is 33.8 Å². The number of hydrogen-bond donors (Lipinski definition) is 1. The Bertz CT molecular complexity index is 1690. The van der Waals surface area contributed by atoms with E-state index in [0.29, 0.717) is 17.9 Å². The molecule has 0 amide bonds. The molecule has 0 spiro atoms. The summed E-state index contributed by atoms with van der Waals surface area (Å²) in [5.74, 6) is -1.49. The van der Waals surface area contributed by atoms with Crippen LogP contribution in [0, 0.1) is 0 Å². The van der Waals surface area contributed by atoms with Crippen LogP contribution in [0.1, 0.15) is 33.2 Å². The number of rotatable bonds is 8. The fourth-order valence-corrected chi connectivity index (χ4v) is 4.67. The molecule has 0 aliphatic heterocycles. The van der Waals surface area contributed by atoms with Crippen molar-refractivity contribution in [1.82, 2.24) is 4.57 Å². The van der Waals surface area contributed by atoms with Crippen molar-refractivity contribution in [3.8, 4) is 28.2 Å². The van der Waals surface area contributed by atoms with Crippen molar-refractivity contribution in [1.29, 1.82) is 0 Å². The van der Waals surface area contributed by atoms with Crippen molar-refractivity contribution in [3.05, 3.63) is 131 Å². The third kappa shape index (κ3) is 5.58. The molecule has 0 saturated heterocycles. The Labute approximate surface area is 236 Å². The average molecular weight is 549 g/mol. The van der Waals surface area contributed by atoms with Gasteiger partial charge in [-0.2, -0.15) is 0 Å². The number of carboxylic acid groups (broad SMARTS) is 1. The second-order valence-electron chi connectivity index (χ2n) is 8.90. The molecule has 0 aliphatic rings. The third-order valence-corrected chi connectivity index (χ3v) is 6.65. The zero-order valence-corrected chi connectivity index (χ0v) is 22.4. The molecule has 198 valence electrons. The molecule has 0 aliphatic carbocycles. The van der Waals surface area contributed by atoms with Crippen LogP contribution in [-0.2, 0) is 4.74 Å². The van der Waals surface area contributed by atoms with Crippen LogP contribution in [0.3, 0.4) is 0 Å². The molecule has 40 heavy (non-hydrogen) atoms. The van der Waals surface area contributed by atoms with Gasteiger partial charge in [0.2, 0.25) is 0 Å². The van der Waals surface area contributed by atoms with Crippen molar-refractivity contribution in [2.75, 3.05) is 6.61 Å².